The summed E-state index contributed by atoms with van der Waals surface area (Å²) in [4.78, 5) is 17.8. The minimum Gasteiger partial charge on any atom is -0.464 e. The molecule has 0 aliphatic carbocycles. The number of aromatic nitrogens is 1. The molecule has 104 valence electrons. The molecule has 0 amide bonds. The largest absolute Gasteiger partial charge is 0.464 e. The van der Waals surface area contributed by atoms with Gasteiger partial charge in [-0.1, -0.05) is 6.07 Å². The molecule has 0 saturated carbocycles. The second-order valence-corrected chi connectivity index (χ2v) is 4.42. The zero-order valence-corrected chi connectivity index (χ0v) is 10.9. The highest BCUT2D eigenvalue weighted by molar-refractivity contribution is 5.87. The van der Waals surface area contributed by atoms with Gasteiger partial charge < -0.3 is 14.6 Å². The number of carbonyl (C=O) groups is 1. The van der Waals surface area contributed by atoms with Crippen LogP contribution in [0.25, 0.3) is 0 Å². The van der Waals surface area contributed by atoms with Crippen LogP contribution < -0.4 is 0 Å². The smallest absolute Gasteiger partial charge is 0.356 e. The van der Waals surface area contributed by atoms with Crippen molar-refractivity contribution in [1.29, 1.82) is 0 Å². The summed E-state index contributed by atoms with van der Waals surface area (Å²) in [5.41, 5.74) is 1.12. The van der Waals surface area contributed by atoms with Crippen molar-refractivity contribution >= 4 is 5.97 Å². The lowest BCUT2D eigenvalue weighted by atomic mass is 10.2. The van der Waals surface area contributed by atoms with E-state index in [0.717, 1.165) is 12.2 Å². The zero-order chi connectivity index (χ0) is 13.7. The topological polar surface area (TPSA) is 71.9 Å². The number of aliphatic hydroxyl groups is 1. The average molecular weight is 266 g/mol. The van der Waals surface area contributed by atoms with Crippen molar-refractivity contribution in [3.05, 3.63) is 29.6 Å². The molecule has 19 heavy (non-hydrogen) atoms. The van der Waals surface area contributed by atoms with Crippen LogP contribution in [0.15, 0.2) is 18.2 Å². The van der Waals surface area contributed by atoms with Crippen molar-refractivity contribution in [3.63, 3.8) is 0 Å². The number of nitrogens with zero attached hydrogens (tertiary/aromatic N) is 2. The van der Waals surface area contributed by atoms with Crippen molar-refractivity contribution in [2.24, 2.45) is 0 Å². The Hall–Kier alpha value is -1.50. The maximum atomic E-state index is 11.4. The SMILES string of the molecule is COC(=O)c1cccc(CN2CCOC(CO)C2)n1. The minimum atomic E-state index is -0.433. The Labute approximate surface area is 112 Å². The number of morpholine rings is 1. The van der Waals surface area contributed by atoms with Crippen molar-refractivity contribution in [3.8, 4) is 0 Å². The number of hydrogen-bond acceptors (Lipinski definition) is 6. The predicted octanol–water partition coefficient (Wildman–Crippen LogP) is 0.0613. The molecule has 1 unspecified atom stereocenters. The molecule has 1 fully saturated rings. The summed E-state index contributed by atoms with van der Waals surface area (Å²) >= 11 is 0. The quantitative estimate of drug-likeness (QED) is 0.777. The van der Waals surface area contributed by atoms with E-state index in [1.54, 1.807) is 12.1 Å². The molecule has 2 heterocycles. The van der Waals surface area contributed by atoms with E-state index in [1.165, 1.54) is 7.11 Å². The number of esters is 1. The van der Waals surface area contributed by atoms with Gasteiger partial charge in [0, 0.05) is 19.6 Å². The third kappa shape index (κ3) is 3.73. The molecule has 0 aromatic carbocycles. The van der Waals surface area contributed by atoms with Gasteiger partial charge in [-0.2, -0.15) is 0 Å². The number of rotatable bonds is 4. The molecular formula is C13H18N2O4. The molecule has 1 aromatic heterocycles. The van der Waals surface area contributed by atoms with Gasteiger partial charge in [-0.05, 0) is 12.1 Å². The fourth-order valence-corrected chi connectivity index (χ4v) is 2.05. The maximum Gasteiger partial charge on any atom is 0.356 e. The van der Waals surface area contributed by atoms with E-state index in [1.807, 2.05) is 6.07 Å². The Bertz CT molecular complexity index is 438. The van der Waals surface area contributed by atoms with E-state index in [0.29, 0.717) is 25.4 Å². The molecule has 6 heteroatoms. The lowest BCUT2D eigenvalue weighted by molar-refractivity contribution is -0.0553. The highest BCUT2D eigenvalue weighted by atomic mass is 16.5. The van der Waals surface area contributed by atoms with Gasteiger partial charge in [-0.3, -0.25) is 4.90 Å². The summed E-state index contributed by atoms with van der Waals surface area (Å²) in [6.07, 6.45) is -0.141. The van der Waals surface area contributed by atoms with E-state index >= 15 is 0 Å². The molecule has 0 radical (unpaired) electrons. The van der Waals surface area contributed by atoms with Crippen LogP contribution in [0.3, 0.4) is 0 Å². The monoisotopic (exact) mass is 266 g/mol. The van der Waals surface area contributed by atoms with Gasteiger partial charge >= 0.3 is 5.97 Å². The molecular weight excluding hydrogens is 248 g/mol. The van der Waals surface area contributed by atoms with Gasteiger partial charge in [-0.25, -0.2) is 9.78 Å². The minimum absolute atomic E-state index is 0.0200. The second kappa shape index (κ2) is 6.60. The molecule has 1 saturated heterocycles. The van der Waals surface area contributed by atoms with Gasteiger partial charge in [0.2, 0.25) is 0 Å². The third-order valence-corrected chi connectivity index (χ3v) is 3.01. The van der Waals surface area contributed by atoms with E-state index in [-0.39, 0.29) is 12.7 Å². The van der Waals surface area contributed by atoms with Gasteiger partial charge in [-0.15, -0.1) is 0 Å². The first-order valence-electron chi connectivity index (χ1n) is 6.22. The highest BCUT2D eigenvalue weighted by Gasteiger charge is 2.20. The Morgan fingerprint density at radius 1 is 1.63 bits per heavy atom. The van der Waals surface area contributed by atoms with Crippen molar-refractivity contribution in [2.75, 3.05) is 33.4 Å². The first kappa shape index (κ1) is 13.9. The Balaban J connectivity index is 2.00. The van der Waals surface area contributed by atoms with Crippen LogP contribution in [0.5, 0.6) is 0 Å². The molecule has 1 aliphatic heterocycles. The van der Waals surface area contributed by atoms with Crippen LogP contribution in [0.1, 0.15) is 16.2 Å². The predicted molar refractivity (Wildman–Crippen MR) is 67.7 cm³/mol. The molecule has 1 N–H and O–H groups in total. The molecule has 1 atom stereocenters. The van der Waals surface area contributed by atoms with Crippen molar-refractivity contribution in [1.82, 2.24) is 9.88 Å². The molecule has 0 spiro atoms. The number of hydrogen-bond donors (Lipinski definition) is 1. The van der Waals surface area contributed by atoms with Crippen LogP contribution in [0.4, 0.5) is 0 Å². The fourth-order valence-electron chi connectivity index (χ4n) is 2.05. The third-order valence-electron chi connectivity index (χ3n) is 3.01. The van der Waals surface area contributed by atoms with Gasteiger partial charge in [0.25, 0.3) is 0 Å². The summed E-state index contributed by atoms with van der Waals surface area (Å²) < 4.78 is 10.0. The summed E-state index contributed by atoms with van der Waals surface area (Å²) in [5, 5.41) is 9.10. The summed E-state index contributed by atoms with van der Waals surface area (Å²) in [5.74, 6) is -0.433. The first-order valence-corrected chi connectivity index (χ1v) is 6.22. The number of ether oxygens (including phenoxy) is 2. The normalized spacial score (nSPS) is 20.2. The van der Waals surface area contributed by atoms with Crippen LogP contribution >= 0.6 is 0 Å². The van der Waals surface area contributed by atoms with E-state index in [4.69, 9.17) is 9.84 Å². The van der Waals surface area contributed by atoms with Crippen LogP contribution in [0.2, 0.25) is 0 Å². The Kier molecular flexibility index (Phi) is 4.84. The number of pyridine rings is 1. The zero-order valence-electron chi connectivity index (χ0n) is 10.9. The van der Waals surface area contributed by atoms with Gasteiger partial charge in [0.05, 0.1) is 32.1 Å². The molecule has 0 bridgehead atoms. The van der Waals surface area contributed by atoms with E-state index in [9.17, 15) is 4.79 Å². The number of carbonyl (C=O) groups excluding carboxylic acids is 1. The van der Waals surface area contributed by atoms with Gasteiger partial charge in [0.1, 0.15) is 5.69 Å². The van der Waals surface area contributed by atoms with E-state index in [2.05, 4.69) is 14.6 Å². The first-order chi connectivity index (χ1) is 9.22. The summed E-state index contributed by atoms with van der Waals surface area (Å²) in [7, 11) is 1.34. The number of aliphatic hydroxyl groups excluding tert-OH is 1. The van der Waals surface area contributed by atoms with Crippen LogP contribution in [-0.2, 0) is 16.0 Å². The second-order valence-electron chi connectivity index (χ2n) is 4.42. The molecule has 2 rings (SSSR count). The van der Waals surface area contributed by atoms with Crippen molar-refractivity contribution in [2.45, 2.75) is 12.6 Å². The molecule has 6 nitrogen and oxygen atoms in total. The fraction of sp³-hybridized carbons (Fsp3) is 0.538. The molecule has 1 aromatic rings. The Morgan fingerprint density at radius 3 is 3.21 bits per heavy atom. The molecule has 1 aliphatic rings. The standard InChI is InChI=1S/C13H18N2O4/c1-18-13(17)12-4-2-3-10(14-12)7-15-5-6-19-11(8-15)9-16/h2-4,11,16H,5-9H2,1H3. The highest BCUT2D eigenvalue weighted by Crippen LogP contribution is 2.10. The number of methoxy groups -OCH3 is 1. The van der Waals surface area contributed by atoms with Crippen LogP contribution in [-0.4, -0.2) is 60.5 Å². The average Bonchev–Trinajstić information content (AvgIpc) is 2.47. The van der Waals surface area contributed by atoms with E-state index < -0.39 is 5.97 Å². The van der Waals surface area contributed by atoms with Crippen molar-refractivity contribution < 1.29 is 19.4 Å². The lowest BCUT2D eigenvalue weighted by Crippen LogP contribution is -2.43. The Morgan fingerprint density at radius 2 is 2.47 bits per heavy atom. The maximum absolute atomic E-state index is 11.4. The van der Waals surface area contributed by atoms with Crippen LogP contribution in [0, 0.1) is 0 Å². The van der Waals surface area contributed by atoms with Gasteiger partial charge in [0.15, 0.2) is 0 Å². The summed E-state index contributed by atoms with van der Waals surface area (Å²) in [6.45, 7) is 2.71. The summed E-state index contributed by atoms with van der Waals surface area (Å²) in [6, 6.07) is 5.29. The lowest BCUT2D eigenvalue weighted by Gasteiger charge is -2.31.